The van der Waals surface area contributed by atoms with E-state index in [1.54, 1.807) is 0 Å². The lowest BCUT2D eigenvalue weighted by Crippen LogP contribution is -2.34. The molecule has 7 heteroatoms. The fourth-order valence-electron chi connectivity index (χ4n) is 0.603. The van der Waals surface area contributed by atoms with Crippen LogP contribution in [-0.4, -0.2) is 21.8 Å². The van der Waals surface area contributed by atoms with Gasteiger partial charge in [-0.2, -0.15) is 17.6 Å². The van der Waals surface area contributed by atoms with Crippen LogP contribution in [0.5, 0.6) is 0 Å². The summed E-state index contributed by atoms with van der Waals surface area (Å²) in [6.45, 7) is 0. The van der Waals surface area contributed by atoms with Crippen LogP contribution in [0.15, 0.2) is 0 Å². The molecule has 13 heavy (non-hydrogen) atoms. The summed E-state index contributed by atoms with van der Waals surface area (Å²) in [5, 5.41) is 8.07. The zero-order chi connectivity index (χ0) is 10.7. The van der Waals surface area contributed by atoms with Crippen LogP contribution in [0.25, 0.3) is 0 Å². The van der Waals surface area contributed by atoms with Crippen molar-refractivity contribution in [2.24, 2.45) is 0 Å². The maximum atomic E-state index is 12.4. The molecule has 0 rings (SSSR count). The number of rotatable bonds is 5. The van der Waals surface area contributed by atoms with E-state index in [9.17, 15) is 22.4 Å². The number of hydrogen-bond acceptors (Lipinski definition) is 1. The molecule has 0 aliphatic carbocycles. The van der Waals surface area contributed by atoms with Gasteiger partial charge >= 0.3 is 16.7 Å². The minimum atomic E-state index is -4.28. The number of hydrogen-bond donors (Lipinski definition) is 1. The summed E-state index contributed by atoms with van der Waals surface area (Å²) in [5.74, 6) is -5.49. The van der Waals surface area contributed by atoms with Gasteiger partial charge in [0.1, 0.15) is 0 Å². The van der Waals surface area contributed by atoms with Crippen molar-refractivity contribution in [1.82, 2.24) is 0 Å². The van der Waals surface area contributed by atoms with Crippen LogP contribution in [0.3, 0.4) is 0 Å². The highest BCUT2D eigenvalue weighted by Crippen LogP contribution is 2.42. The first kappa shape index (κ1) is 12.7. The highest BCUT2D eigenvalue weighted by Gasteiger charge is 2.53. The van der Waals surface area contributed by atoms with Gasteiger partial charge in [-0.25, -0.2) is 0 Å². The molecule has 0 aromatic heterocycles. The van der Waals surface area contributed by atoms with E-state index in [0.717, 1.165) is 0 Å². The fraction of sp³-hybridized carbons (Fsp3) is 0.833. The minimum absolute atomic E-state index is 0.483. The van der Waals surface area contributed by atoms with Gasteiger partial charge in [0.05, 0.1) is 0 Å². The summed E-state index contributed by atoms with van der Waals surface area (Å²) in [7, 11) is 0. The van der Waals surface area contributed by atoms with Crippen LogP contribution in [-0.2, 0) is 4.79 Å². The monoisotopic (exact) mass is 266 g/mol. The molecule has 0 radical (unpaired) electrons. The smallest absolute Gasteiger partial charge is 0.363 e. The van der Waals surface area contributed by atoms with Gasteiger partial charge in [-0.1, -0.05) is 0 Å². The van der Waals surface area contributed by atoms with Crippen LogP contribution in [0.2, 0.25) is 0 Å². The first-order valence-corrected chi connectivity index (χ1v) is 4.12. The van der Waals surface area contributed by atoms with E-state index in [4.69, 9.17) is 5.11 Å². The second-order valence-electron chi connectivity index (χ2n) is 2.45. The van der Waals surface area contributed by atoms with Gasteiger partial charge in [-0.3, -0.25) is 4.79 Å². The van der Waals surface area contributed by atoms with Crippen molar-refractivity contribution in [2.45, 2.75) is 30.0 Å². The van der Waals surface area contributed by atoms with E-state index in [0.29, 0.717) is 0 Å². The Hall–Kier alpha value is -0.330. The van der Waals surface area contributed by atoms with E-state index >= 15 is 0 Å². The molecule has 0 amide bonds. The highest BCUT2D eigenvalue weighted by atomic mass is 79.9. The number of aliphatic carboxylic acids is 1. The Morgan fingerprint density at radius 2 is 1.77 bits per heavy atom. The fourth-order valence-corrected chi connectivity index (χ4v) is 0.802. The van der Waals surface area contributed by atoms with Crippen LogP contribution in [0, 0.1) is 0 Å². The topological polar surface area (TPSA) is 37.3 Å². The number of halogens is 5. The molecule has 0 heterocycles. The normalized spacial score (nSPS) is 13.0. The molecule has 0 saturated carbocycles. The molecule has 0 aromatic rings. The van der Waals surface area contributed by atoms with Crippen LogP contribution >= 0.6 is 15.9 Å². The Morgan fingerprint density at radius 3 is 2.08 bits per heavy atom. The first-order valence-electron chi connectivity index (χ1n) is 3.33. The number of alkyl halides is 5. The number of carboxylic acid groups (broad SMARTS) is 1. The van der Waals surface area contributed by atoms with Crippen molar-refractivity contribution in [3.63, 3.8) is 0 Å². The van der Waals surface area contributed by atoms with Gasteiger partial charge in [0.15, 0.2) is 0 Å². The Bertz CT molecular complexity index is 190. The summed E-state index contributed by atoms with van der Waals surface area (Å²) in [6.07, 6.45) is -2.18. The summed E-state index contributed by atoms with van der Waals surface area (Å²) in [6, 6.07) is 0. The van der Waals surface area contributed by atoms with Gasteiger partial charge in [0.25, 0.3) is 0 Å². The molecule has 0 spiro atoms. The molecule has 0 unspecified atom stereocenters. The summed E-state index contributed by atoms with van der Waals surface area (Å²) < 4.78 is 48.9. The Balaban J connectivity index is 3.97. The summed E-state index contributed by atoms with van der Waals surface area (Å²) >= 11 is 1.54. The molecule has 0 saturated heterocycles. The van der Waals surface area contributed by atoms with Crippen molar-refractivity contribution in [3.05, 3.63) is 0 Å². The quantitative estimate of drug-likeness (QED) is 0.614. The van der Waals surface area contributed by atoms with Crippen LogP contribution < -0.4 is 0 Å². The minimum Gasteiger partial charge on any atom is -0.481 e. The molecule has 78 valence electrons. The SMILES string of the molecule is O=C(O)CCCC(F)(F)C(F)(F)Br. The molecule has 0 atom stereocenters. The average molecular weight is 267 g/mol. The molecule has 0 aliphatic rings. The Labute approximate surface area is 80.0 Å². The van der Waals surface area contributed by atoms with Crippen molar-refractivity contribution in [3.8, 4) is 0 Å². The molecular weight excluding hydrogens is 260 g/mol. The second-order valence-corrected chi connectivity index (χ2v) is 3.45. The standard InChI is InChI=1S/C6H7BrF4O2/c7-6(10,11)5(8,9)3-1-2-4(12)13/h1-3H2,(H,12,13). The second kappa shape index (κ2) is 4.26. The molecule has 2 nitrogen and oxygen atoms in total. The number of carbonyl (C=O) groups is 1. The zero-order valence-corrected chi connectivity index (χ0v) is 7.95. The highest BCUT2D eigenvalue weighted by molar-refractivity contribution is 9.10. The van der Waals surface area contributed by atoms with E-state index < -0.39 is 36.0 Å². The van der Waals surface area contributed by atoms with Gasteiger partial charge in [0.2, 0.25) is 0 Å². The first-order chi connectivity index (χ1) is 5.67. The largest absolute Gasteiger partial charge is 0.481 e. The van der Waals surface area contributed by atoms with E-state index in [1.807, 2.05) is 0 Å². The molecule has 0 bridgehead atoms. The van der Waals surface area contributed by atoms with Gasteiger partial charge in [-0.15, -0.1) is 0 Å². The third-order valence-electron chi connectivity index (χ3n) is 1.30. The Kier molecular flexibility index (Phi) is 4.15. The predicted octanol–water partition coefficient (Wildman–Crippen LogP) is 2.86. The van der Waals surface area contributed by atoms with Crippen molar-refractivity contribution < 1.29 is 27.5 Å². The van der Waals surface area contributed by atoms with Crippen LogP contribution in [0.4, 0.5) is 17.6 Å². The third kappa shape index (κ3) is 4.44. The maximum absolute atomic E-state index is 12.4. The van der Waals surface area contributed by atoms with Crippen molar-refractivity contribution in [2.75, 3.05) is 0 Å². The molecule has 0 aliphatic heterocycles. The van der Waals surface area contributed by atoms with Crippen molar-refractivity contribution >= 4 is 21.9 Å². The lowest BCUT2D eigenvalue weighted by Gasteiger charge is -2.20. The number of carboxylic acids is 1. The molecule has 0 fully saturated rings. The van der Waals surface area contributed by atoms with E-state index in [2.05, 4.69) is 0 Å². The van der Waals surface area contributed by atoms with Crippen LogP contribution in [0.1, 0.15) is 19.3 Å². The molecular formula is C6H7BrF4O2. The van der Waals surface area contributed by atoms with E-state index in [-0.39, 0.29) is 0 Å². The van der Waals surface area contributed by atoms with Gasteiger partial charge in [0, 0.05) is 12.8 Å². The zero-order valence-electron chi connectivity index (χ0n) is 6.37. The summed E-state index contributed by atoms with van der Waals surface area (Å²) in [5.41, 5.74) is 0. The molecule has 0 aromatic carbocycles. The summed E-state index contributed by atoms with van der Waals surface area (Å²) in [4.78, 5) is 5.61. The lowest BCUT2D eigenvalue weighted by molar-refractivity contribution is -0.154. The van der Waals surface area contributed by atoms with Gasteiger partial charge in [-0.05, 0) is 22.4 Å². The average Bonchev–Trinajstić information content (AvgIpc) is 1.82. The molecule has 1 N–H and O–H groups in total. The Morgan fingerprint density at radius 1 is 1.31 bits per heavy atom. The predicted molar refractivity (Wildman–Crippen MR) is 40.3 cm³/mol. The van der Waals surface area contributed by atoms with E-state index in [1.165, 1.54) is 15.9 Å². The van der Waals surface area contributed by atoms with Gasteiger partial charge < -0.3 is 5.11 Å². The third-order valence-corrected chi connectivity index (χ3v) is 1.88. The van der Waals surface area contributed by atoms with Crippen molar-refractivity contribution in [1.29, 1.82) is 0 Å². The lowest BCUT2D eigenvalue weighted by atomic mass is 10.1. The maximum Gasteiger partial charge on any atom is 0.363 e.